The minimum Gasteiger partial charge on any atom is -0.397 e. The molecule has 0 saturated heterocycles. The molecule has 0 amide bonds. The lowest BCUT2D eigenvalue weighted by atomic mass is 10.9. The van der Waals surface area contributed by atoms with Crippen LogP contribution in [0.25, 0.3) is 0 Å². The van der Waals surface area contributed by atoms with E-state index >= 15 is 0 Å². The molecule has 0 atom stereocenters. The van der Waals surface area contributed by atoms with Gasteiger partial charge in [-0.05, 0) is 6.92 Å². The van der Waals surface area contributed by atoms with Crippen molar-refractivity contribution in [3.63, 3.8) is 0 Å². The molecule has 3 nitrogen and oxygen atoms in total. The van der Waals surface area contributed by atoms with Crippen LogP contribution in [0, 0.1) is 0 Å². The zero-order valence-corrected chi connectivity index (χ0v) is 6.10. The zero-order chi connectivity index (χ0) is 7.11. The molecule has 1 rings (SSSR count). The molecule has 0 aliphatic rings. The fourth-order valence-electron chi connectivity index (χ4n) is 0.257. The highest BCUT2D eigenvalue weighted by atomic mass is 32.1. The van der Waals surface area contributed by atoms with Gasteiger partial charge in [-0.2, -0.15) is 0 Å². The Morgan fingerprint density at radius 3 is 2.56 bits per heavy atom. The quantitative estimate of drug-likeness (QED) is 0.472. The molecule has 52 valence electrons. The minimum absolute atomic E-state index is 0.250. The number of aromatic nitrogens is 2. The number of aliphatic hydroxyl groups is 1. The summed E-state index contributed by atoms with van der Waals surface area (Å²) >= 11 is 3.87. The molecule has 0 radical (unpaired) electrons. The number of nitrogens with zero attached hydrogens (tertiary/aromatic N) is 1. The standard InChI is InChI=1S/C3H4N2S.C2H6O/c6-3-4-1-2-5-3;1-2-3/h1-2H,(H2,4,5,6);3H,2H2,1H3. The van der Waals surface area contributed by atoms with Gasteiger partial charge in [0.2, 0.25) is 0 Å². The van der Waals surface area contributed by atoms with Crippen LogP contribution >= 0.6 is 12.6 Å². The van der Waals surface area contributed by atoms with Gasteiger partial charge in [-0.1, -0.05) is 0 Å². The third-order valence-corrected chi connectivity index (χ3v) is 0.728. The first-order chi connectivity index (χ1) is 4.31. The number of aromatic amines is 1. The van der Waals surface area contributed by atoms with Gasteiger partial charge in [-0.15, -0.1) is 12.6 Å². The molecule has 2 N–H and O–H groups in total. The van der Waals surface area contributed by atoms with Crippen molar-refractivity contribution in [3.05, 3.63) is 12.4 Å². The number of hydrogen-bond donors (Lipinski definition) is 3. The molecule has 0 bridgehead atoms. The van der Waals surface area contributed by atoms with Gasteiger partial charge in [0.05, 0.1) is 0 Å². The molecule has 0 aromatic carbocycles. The van der Waals surface area contributed by atoms with Crippen LogP contribution in [0.2, 0.25) is 0 Å². The van der Waals surface area contributed by atoms with Crippen molar-refractivity contribution in [2.75, 3.05) is 6.61 Å². The van der Waals surface area contributed by atoms with E-state index in [-0.39, 0.29) is 6.61 Å². The van der Waals surface area contributed by atoms with Gasteiger partial charge in [-0.3, -0.25) is 0 Å². The second kappa shape index (κ2) is 5.65. The fraction of sp³-hybridized carbons (Fsp3) is 0.400. The largest absolute Gasteiger partial charge is 0.397 e. The molecule has 0 saturated carbocycles. The average molecular weight is 146 g/mol. The van der Waals surface area contributed by atoms with E-state index in [1.54, 1.807) is 19.3 Å². The van der Waals surface area contributed by atoms with Gasteiger partial charge in [0.15, 0.2) is 5.16 Å². The summed E-state index contributed by atoms with van der Waals surface area (Å²) in [5.74, 6) is 0. The Bertz CT molecular complexity index is 130. The predicted octanol–water partition coefficient (Wildman–Crippen LogP) is 0.697. The Morgan fingerprint density at radius 2 is 2.44 bits per heavy atom. The van der Waals surface area contributed by atoms with E-state index < -0.39 is 0 Å². The fourth-order valence-corrected chi connectivity index (χ4v) is 0.398. The van der Waals surface area contributed by atoms with Gasteiger partial charge in [0, 0.05) is 19.0 Å². The number of rotatable bonds is 0. The summed E-state index contributed by atoms with van der Waals surface area (Å²) in [7, 11) is 0. The smallest absolute Gasteiger partial charge is 0.162 e. The Labute approximate surface area is 59.5 Å². The van der Waals surface area contributed by atoms with Crippen molar-refractivity contribution in [2.45, 2.75) is 12.1 Å². The molecule has 1 aromatic heterocycles. The van der Waals surface area contributed by atoms with E-state index in [9.17, 15) is 0 Å². The van der Waals surface area contributed by atoms with Crippen molar-refractivity contribution in [1.82, 2.24) is 9.97 Å². The van der Waals surface area contributed by atoms with Crippen molar-refractivity contribution in [3.8, 4) is 0 Å². The van der Waals surface area contributed by atoms with Crippen LogP contribution in [0.5, 0.6) is 0 Å². The molecule has 0 aliphatic carbocycles. The second-order valence-corrected chi connectivity index (χ2v) is 1.65. The Kier molecular flexibility index (Phi) is 5.35. The van der Waals surface area contributed by atoms with Gasteiger partial charge < -0.3 is 10.1 Å². The maximum absolute atomic E-state index is 7.57. The van der Waals surface area contributed by atoms with Crippen molar-refractivity contribution < 1.29 is 5.11 Å². The first-order valence-corrected chi connectivity index (χ1v) is 3.05. The van der Waals surface area contributed by atoms with E-state index in [0.29, 0.717) is 5.16 Å². The zero-order valence-electron chi connectivity index (χ0n) is 5.20. The van der Waals surface area contributed by atoms with Crippen LogP contribution in [0.1, 0.15) is 6.92 Å². The van der Waals surface area contributed by atoms with E-state index in [2.05, 4.69) is 22.6 Å². The molecule has 1 aromatic rings. The summed E-state index contributed by atoms with van der Waals surface area (Å²) in [6, 6.07) is 0. The maximum atomic E-state index is 7.57. The van der Waals surface area contributed by atoms with Gasteiger partial charge in [0.1, 0.15) is 0 Å². The molecule has 1 heterocycles. The molecular formula is C5H10N2OS. The topological polar surface area (TPSA) is 48.9 Å². The van der Waals surface area contributed by atoms with Gasteiger partial charge >= 0.3 is 0 Å². The first-order valence-electron chi connectivity index (χ1n) is 2.60. The van der Waals surface area contributed by atoms with Crippen LogP contribution in [-0.4, -0.2) is 21.7 Å². The second-order valence-electron chi connectivity index (χ2n) is 1.23. The lowest BCUT2D eigenvalue weighted by Gasteiger charge is -1.67. The lowest BCUT2D eigenvalue weighted by Crippen LogP contribution is -1.59. The lowest BCUT2D eigenvalue weighted by molar-refractivity contribution is 0.318. The normalized spacial score (nSPS) is 7.89. The van der Waals surface area contributed by atoms with Crippen molar-refractivity contribution in [2.24, 2.45) is 0 Å². The Balaban J connectivity index is 0.000000187. The number of nitrogens with one attached hydrogen (secondary N) is 1. The Hall–Kier alpha value is -0.480. The molecule has 0 aliphatic heterocycles. The van der Waals surface area contributed by atoms with Crippen LogP contribution in [0.3, 0.4) is 0 Å². The van der Waals surface area contributed by atoms with E-state index in [1.165, 1.54) is 0 Å². The van der Waals surface area contributed by atoms with Crippen LogP contribution < -0.4 is 0 Å². The van der Waals surface area contributed by atoms with Crippen LogP contribution in [-0.2, 0) is 0 Å². The highest BCUT2D eigenvalue weighted by molar-refractivity contribution is 7.80. The highest BCUT2D eigenvalue weighted by Gasteiger charge is 1.75. The summed E-state index contributed by atoms with van der Waals surface area (Å²) in [6.45, 7) is 1.93. The Morgan fingerprint density at radius 1 is 1.89 bits per heavy atom. The molecule has 0 unspecified atom stereocenters. The molecule has 9 heavy (non-hydrogen) atoms. The summed E-state index contributed by atoms with van der Waals surface area (Å²) in [5, 5.41) is 8.23. The van der Waals surface area contributed by atoms with Crippen LogP contribution in [0.15, 0.2) is 17.6 Å². The van der Waals surface area contributed by atoms with Crippen molar-refractivity contribution in [1.29, 1.82) is 0 Å². The van der Waals surface area contributed by atoms with Crippen molar-refractivity contribution >= 4 is 12.6 Å². The summed E-state index contributed by atoms with van der Waals surface area (Å²) in [5.41, 5.74) is 0. The summed E-state index contributed by atoms with van der Waals surface area (Å²) in [4.78, 5) is 6.48. The minimum atomic E-state index is 0.250. The number of aliphatic hydroxyl groups excluding tert-OH is 1. The van der Waals surface area contributed by atoms with E-state index in [4.69, 9.17) is 5.11 Å². The predicted molar refractivity (Wildman–Crippen MR) is 38.6 cm³/mol. The molecule has 0 spiro atoms. The summed E-state index contributed by atoms with van der Waals surface area (Å²) in [6.07, 6.45) is 3.38. The number of H-pyrrole nitrogens is 1. The summed E-state index contributed by atoms with van der Waals surface area (Å²) < 4.78 is 0. The third-order valence-electron chi connectivity index (χ3n) is 0.484. The van der Waals surface area contributed by atoms with Gasteiger partial charge in [-0.25, -0.2) is 4.98 Å². The van der Waals surface area contributed by atoms with E-state index in [0.717, 1.165) is 0 Å². The monoisotopic (exact) mass is 146 g/mol. The maximum Gasteiger partial charge on any atom is 0.162 e. The molecular weight excluding hydrogens is 136 g/mol. The molecule has 4 heteroatoms. The van der Waals surface area contributed by atoms with Gasteiger partial charge in [0.25, 0.3) is 0 Å². The van der Waals surface area contributed by atoms with Crippen LogP contribution in [0.4, 0.5) is 0 Å². The number of imidazole rings is 1. The molecule has 0 fully saturated rings. The first kappa shape index (κ1) is 8.52. The number of hydrogen-bond acceptors (Lipinski definition) is 3. The third kappa shape index (κ3) is 5.39. The number of thiol groups is 1. The van der Waals surface area contributed by atoms with E-state index in [1.807, 2.05) is 0 Å². The SMILES string of the molecule is CCO.Sc1ncc[nH]1. The average Bonchev–Trinajstić information content (AvgIpc) is 2.20. The highest BCUT2D eigenvalue weighted by Crippen LogP contribution is 1.89.